The molecule has 0 unspecified atom stereocenters. The van der Waals surface area contributed by atoms with Crippen LogP contribution in [-0.2, 0) is 6.42 Å². The number of nitrogens with one attached hydrogen (secondary N) is 1. The Kier molecular flexibility index (Phi) is 6.73. The van der Waals surface area contributed by atoms with Gasteiger partial charge in [0.25, 0.3) is 5.91 Å². The fraction of sp³-hybridized carbons (Fsp3) is 0.400. The van der Waals surface area contributed by atoms with Gasteiger partial charge in [-0.3, -0.25) is 14.8 Å². The molecule has 0 spiro atoms. The molecule has 7 nitrogen and oxygen atoms in total. The summed E-state index contributed by atoms with van der Waals surface area (Å²) in [6, 6.07) is 7.20. The van der Waals surface area contributed by atoms with Crippen molar-refractivity contribution in [1.82, 2.24) is 25.5 Å². The fourth-order valence-corrected chi connectivity index (χ4v) is 4.48. The van der Waals surface area contributed by atoms with E-state index >= 15 is 0 Å². The summed E-state index contributed by atoms with van der Waals surface area (Å²) in [5.74, 6) is 2.73. The predicted molar refractivity (Wildman–Crippen MR) is 121 cm³/mol. The van der Waals surface area contributed by atoms with Crippen LogP contribution in [0.3, 0.4) is 0 Å². The molecule has 7 heteroatoms. The first-order valence-electron chi connectivity index (χ1n) is 11.1. The molecule has 4 rings (SSSR count). The molecular formula is C25H29N5O2. The molecule has 166 valence electrons. The van der Waals surface area contributed by atoms with Crippen molar-refractivity contribution in [2.75, 3.05) is 6.54 Å². The van der Waals surface area contributed by atoms with Crippen molar-refractivity contribution >= 4 is 5.91 Å². The van der Waals surface area contributed by atoms with E-state index in [0.717, 1.165) is 18.4 Å². The highest BCUT2D eigenvalue weighted by atomic mass is 16.4. The molecule has 1 amide bonds. The zero-order chi connectivity index (χ0) is 22.5. The van der Waals surface area contributed by atoms with Gasteiger partial charge in [0, 0.05) is 48.9 Å². The highest BCUT2D eigenvalue weighted by Crippen LogP contribution is 2.38. The van der Waals surface area contributed by atoms with Crippen molar-refractivity contribution in [3.05, 3.63) is 72.2 Å². The number of carbonyl (C=O) groups is 1. The van der Waals surface area contributed by atoms with E-state index in [1.807, 2.05) is 12.1 Å². The van der Waals surface area contributed by atoms with Crippen molar-refractivity contribution < 1.29 is 9.21 Å². The van der Waals surface area contributed by atoms with E-state index in [1.54, 1.807) is 36.9 Å². The Morgan fingerprint density at radius 1 is 1.09 bits per heavy atom. The van der Waals surface area contributed by atoms with E-state index in [1.165, 1.54) is 5.57 Å². The molecule has 3 aromatic heterocycles. The molecule has 1 aliphatic rings. The average Bonchev–Trinajstić information content (AvgIpc) is 3.28. The van der Waals surface area contributed by atoms with Gasteiger partial charge < -0.3 is 9.73 Å². The van der Waals surface area contributed by atoms with Gasteiger partial charge in [-0.1, -0.05) is 25.5 Å². The molecule has 0 saturated heterocycles. The average molecular weight is 432 g/mol. The van der Waals surface area contributed by atoms with Gasteiger partial charge >= 0.3 is 0 Å². The smallest absolute Gasteiger partial charge is 0.251 e. The number of allylic oxidation sites excluding steroid dienone is 1. The highest BCUT2D eigenvalue weighted by molar-refractivity contribution is 5.93. The number of hydrogen-bond donors (Lipinski definition) is 1. The number of carbonyl (C=O) groups excluding carboxylic acids is 1. The lowest BCUT2D eigenvalue weighted by molar-refractivity contribution is 0.0939. The van der Waals surface area contributed by atoms with E-state index < -0.39 is 0 Å². The maximum atomic E-state index is 12.5. The maximum absolute atomic E-state index is 12.5. The molecule has 1 N–H and O–H groups in total. The van der Waals surface area contributed by atoms with Crippen LogP contribution < -0.4 is 5.32 Å². The van der Waals surface area contributed by atoms with Gasteiger partial charge in [-0.25, -0.2) is 0 Å². The van der Waals surface area contributed by atoms with Crippen LogP contribution in [0, 0.1) is 23.7 Å². The Morgan fingerprint density at radius 3 is 2.47 bits per heavy atom. The number of pyridine rings is 2. The lowest BCUT2D eigenvalue weighted by atomic mass is 9.70. The van der Waals surface area contributed by atoms with Crippen LogP contribution in [0.1, 0.15) is 43.4 Å². The summed E-state index contributed by atoms with van der Waals surface area (Å²) < 4.78 is 5.93. The molecule has 0 bridgehead atoms. The molecular weight excluding hydrogens is 402 g/mol. The molecule has 0 radical (unpaired) electrons. The summed E-state index contributed by atoms with van der Waals surface area (Å²) in [6.07, 6.45) is 10.8. The topological polar surface area (TPSA) is 93.8 Å². The molecule has 3 aromatic rings. The highest BCUT2D eigenvalue weighted by Gasteiger charge is 2.32. The second-order valence-electron chi connectivity index (χ2n) is 8.80. The third-order valence-corrected chi connectivity index (χ3v) is 6.34. The number of hydrogen-bond acceptors (Lipinski definition) is 6. The second kappa shape index (κ2) is 9.85. The molecule has 0 aromatic carbocycles. The van der Waals surface area contributed by atoms with Gasteiger partial charge in [-0.15, -0.1) is 10.2 Å². The van der Waals surface area contributed by atoms with E-state index in [2.05, 4.69) is 52.3 Å². The van der Waals surface area contributed by atoms with E-state index in [4.69, 9.17) is 4.42 Å². The molecule has 3 heterocycles. The normalized spacial score (nSPS) is 20.8. The molecule has 32 heavy (non-hydrogen) atoms. The molecule has 0 saturated carbocycles. The van der Waals surface area contributed by atoms with Crippen molar-refractivity contribution in [3.8, 4) is 11.5 Å². The number of amides is 1. The number of nitrogens with zero attached hydrogens (tertiary/aromatic N) is 4. The maximum Gasteiger partial charge on any atom is 0.251 e. The summed E-state index contributed by atoms with van der Waals surface area (Å²) in [4.78, 5) is 20.5. The molecule has 0 fully saturated rings. The van der Waals surface area contributed by atoms with Crippen molar-refractivity contribution in [1.29, 1.82) is 0 Å². The summed E-state index contributed by atoms with van der Waals surface area (Å²) in [6.45, 7) is 7.30. The van der Waals surface area contributed by atoms with E-state index in [0.29, 0.717) is 47.6 Å². The molecule has 3 atom stereocenters. The lowest BCUT2D eigenvalue weighted by Gasteiger charge is -2.37. The minimum Gasteiger partial charge on any atom is -0.421 e. The minimum absolute atomic E-state index is 0.0578. The van der Waals surface area contributed by atoms with Gasteiger partial charge in [0.2, 0.25) is 11.8 Å². The van der Waals surface area contributed by atoms with Gasteiger partial charge in [0.1, 0.15) is 0 Å². The third-order valence-electron chi connectivity index (χ3n) is 6.34. The van der Waals surface area contributed by atoms with E-state index in [-0.39, 0.29) is 5.91 Å². The fourth-order valence-electron chi connectivity index (χ4n) is 4.48. The Labute approximate surface area is 188 Å². The predicted octanol–water partition coefficient (Wildman–Crippen LogP) is 4.35. The van der Waals surface area contributed by atoms with Gasteiger partial charge in [0.05, 0.1) is 0 Å². The first-order chi connectivity index (χ1) is 15.5. The molecule has 1 aliphatic carbocycles. The largest absolute Gasteiger partial charge is 0.421 e. The first kappa shape index (κ1) is 21.9. The monoisotopic (exact) mass is 431 g/mol. The SMILES string of the molecule is CC1=C[C@@H](CNC(=O)c2ccncc2)[C@H](C(C)C)C[C@H]1Cc1nnc(-c2ccncc2)o1. The Bertz CT molecular complexity index is 1060. The number of rotatable bonds is 7. The minimum atomic E-state index is -0.0578. The molecule has 0 aliphatic heterocycles. The zero-order valence-corrected chi connectivity index (χ0v) is 18.7. The van der Waals surface area contributed by atoms with Crippen LogP contribution in [0.4, 0.5) is 0 Å². The van der Waals surface area contributed by atoms with Crippen LogP contribution >= 0.6 is 0 Å². The summed E-state index contributed by atoms with van der Waals surface area (Å²) in [5, 5.41) is 11.6. The van der Waals surface area contributed by atoms with Gasteiger partial charge in [-0.05, 0) is 61.3 Å². The summed E-state index contributed by atoms with van der Waals surface area (Å²) in [7, 11) is 0. The van der Waals surface area contributed by atoms with Gasteiger partial charge in [-0.2, -0.15) is 0 Å². The summed E-state index contributed by atoms with van der Waals surface area (Å²) in [5.41, 5.74) is 2.82. The van der Waals surface area contributed by atoms with Crippen molar-refractivity contribution in [2.45, 2.75) is 33.6 Å². The summed E-state index contributed by atoms with van der Waals surface area (Å²) >= 11 is 0. The van der Waals surface area contributed by atoms with E-state index in [9.17, 15) is 4.79 Å². The van der Waals surface area contributed by atoms with Crippen LogP contribution in [0.25, 0.3) is 11.5 Å². The number of aromatic nitrogens is 4. The second-order valence-corrected chi connectivity index (χ2v) is 8.80. The lowest BCUT2D eigenvalue weighted by Crippen LogP contribution is -2.37. The third kappa shape index (κ3) is 5.10. The van der Waals surface area contributed by atoms with Crippen LogP contribution in [-0.4, -0.2) is 32.6 Å². The Morgan fingerprint density at radius 2 is 1.78 bits per heavy atom. The standard InChI is InChI=1S/C25H29N5O2/c1-16(2)22-13-20(14-23-29-30-25(32-23)19-6-10-27-11-7-19)17(3)12-21(22)15-28-24(31)18-4-8-26-9-5-18/h4-12,16,20-22H,13-15H2,1-3H3,(H,28,31)/t20-,21-,22-/m0/s1. The van der Waals surface area contributed by atoms with Crippen molar-refractivity contribution in [2.24, 2.45) is 23.7 Å². The van der Waals surface area contributed by atoms with Crippen LogP contribution in [0.15, 0.2) is 65.1 Å². The van der Waals surface area contributed by atoms with Crippen LogP contribution in [0.5, 0.6) is 0 Å². The van der Waals surface area contributed by atoms with Crippen molar-refractivity contribution in [3.63, 3.8) is 0 Å². The first-order valence-corrected chi connectivity index (χ1v) is 11.1. The Hall–Kier alpha value is -3.35. The van der Waals surface area contributed by atoms with Gasteiger partial charge in [0.15, 0.2) is 0 Å². The van der Waals surface area contributed by atoms with Crippen LogP contribution in [0.2, 0.25) is 0 Å². The zero-order valence-electron chi connectivity index (χ0n) is 18.7. The Balaban J connectivity index is 1.43. The quantitative estimate of drug-likeness (QED) is 0.559.